The lowest BCUT2D eigenvalue weighted by Gasteiger charge is -2.37. The molecule has 5 rings (SSSR count). The van der Waals surface area contributed by atoms with Crippen LogP contribution in [0.5, 0.6) is 0 Å². The number of likely N-dealkylation sites (tertiary alicyclic amines) is 1. The molecule has 2 fully saturated rings. The van der Waals surface area contributed by atoms with Crippen molar-refractivity contribution < 1.29 is 24.2 Å². The van der Waals surface area contributed by atoms with E-state index in [2.05, 4.69) is 18.7 Å². The molecule has 0 aliphatic carbocycles. The Morgan fingerprint density at radius 3 is 2.30 bits per heavy atom. The molecule has 1 unspecified atom stereocenters. The standard InChI is InChI=1S/C31H42N4O5/c1-5-33(6-2)22-12-14-23(15-13-22)34-20-11-17-31-25(24-27(37)32(4)18-10-16-30(24,3)40-31)28(38)35(26(31)29(34)39)19-8-7-9-21-36/h10-17,24-26,36H,5-9,18-21H2,1-4H3/t24-,25-,26?,30+,31-/m0/s1. The number of carbonyl (C=O) groups is 3. The molecule has 5 atom stereocenters. The monoisotopic (exact) mass is 550 g/mol. The van der Waals surface area contributed by atoms with Gasteiger partial charge in [0.1, 0.15) is 11.6 Å². The van der Waals surface area contributed by atoms with Crippen molar-refractivity contribution >= 4 is 29.1 Å². The van der Waals surface area contributed by atoms with Crippen LogP contribution in [0.3, 0.4) is 0 Å². The van der Waals surface area contributed by atoms with Gasteiger partial charge in [0, 0.05) is 57.8 Å². The van der Waals surface area contributed by atoms with Crippen LogP contribution in [0.25, 0.3) is 0 Å². The zero-order valence-electron chi connectivity index (χ0n) is 24.1. The van der Waals surface area contributed by atoms with Gasteiger partial charge in [0.15, 0.2) is 0 Å². The van der Waals surface area contributed by atoms with E-state index in [1.807, 2.05) is 55.5 Å². The van der Waals surface area contributed by atoms with Gasteiger partial charge in [0.25, 0.3) is 5.91 Å². The van der Waals surface area contributed by atoms with Crippen LogP contribution in [0.4, 0.5) is 11.4 Å². The van der Waals surface area contributed by atoms with E-state index < -0.39 is 29.1 Å². The largest absolute Gasteiger partial charge is 0.396 e. The van der Waals surface area contributed by atoms with E-state index in [0.29, 0.717) is 32.5 Å². The third kappa shape index (κ3) is 4.43. The van der Waals surface area contributed by atoms with Gasteiger partial charge in [-0.25, -0.2) is 0 Å². The number of carbonyl (C=O) groups excluding carboxylic acids is 3. The van der Waals surface area contributed by atoms with Crippen molar-refractivity contribution in [3.63, 3.8) is 0 Å². The predicted molar refractivity (Wildman–Crippen MR) is 154 cm³/mol. The second-order valence-corrected chi connectivity index (χ2v) is 11.5. The highest BCUT2D eigenvalue weighted by molar-refractivity contribution is 6.06. The van der Waals surface area contributed by atoms with Crippen molar-refractivity contribution in [1.29, 1.82) is 0 Å². The summed E-state index contributed by atoms with van der Waals surface area (Å²) < 4.78 is 6.83. The number of hydrogen-bond donors (Lipinski definition) is 1. The Morgan fingerprint density at radius 2 is 1.62 bits per heavy atom. The van der Waals surface area contributed by atoms with E-state index in [4.69, 9.17) is 4.74 Å². The van der Waals surface area contributed by atoms with Crippen molar-refractivity contribution in [2.45, 2.75) is 57.3 Å². The van der Waals surface area contributed by atoms with Gasteiger partial charge < -0.3 is 29.4 Å². The first-order valence-corrected chi connectivity index (χ1v) is 14.6. The third-order valence-corrected chi connectivity index (χ3v) is 9.11. The topological polar surface area (TPSA) is 93.6 Å². The van der Waals surface area contributed by atoms with Crippen molar-refractivity contribution in [2.75, 3.05) is 56.2 Å². The third-order valence-electron chi connectivity index (χ3n) is 9.11. The number of likely N-dealkylation sites (N-methyl/N-ethyl adjacent to an activating group) is 1. The van der Waals surface area contributed by atoms with Crippen molar-refractivity contribution in [3.05, 3.63) is 48.6 Å². The molecule has 1 aromatic carbocycles. The number of anilines is 2. The molecule has 216 valence electrons. The lowest BCUT2D eigenvalue weighted by atomic mass is 9.74. The van der Waals surface area contributed by atoms with Crippen LogP contribution in [0.1, 0.15) is 40.0 Å². The van der Waals surface area contributed by atoms with Gasteiger partial charge in [0.2, 0.25) is 11.8 Å². The Bertz CT molecular complexity index is 1190. The molecule has 3 amide bonds. The maximum atomic E-state index is 14.5. The smallest absolute Gasteiger partial charge is 0.253 e. The number of nitrogens with zero attached hydrogens (tertiary/aromatic N) is 4. The van der Waals surface area contributed by atoms with Crippen molar-refractivity contribution in [2.24, 2.45) is 11.8 Å². The quantitative estimate of drug-likeness (QED) is 0.375. The first kappa shape index (κ1) is 28.4. The average molecular weight is 551 g/mol. The number of ether oxygens (including phenoxy) is 1. The summed E-state index contributed by atoms with van der Waals surface area (Å²) in [7, 11) is 1.74. The molecule has 1 N–H and O–H groups in total. The van der Waals surface area contributed by atoms with Crippen LogP contribution in [0.15, 0.2) is 48.6 Å². The maximum Gasteiger partial charge on any atom is 0.253 e. The Balaban J connectivity index is 1.55. The van der Waals surface area contributed by atoms with Crippen molar-refractivity contribution in [1.82, 2.24) is 9.80 Å². The molecule has 0 saturated carbocycles. The molecule has 40 heavy (non-hydrogen) atoms. The fourth-order valence-electron chi connectivity index (χ4n) is 7.12. The Labute approximate surface area is 237 Å². The number of fused-ring (bicyclic) bond motifs is 2. The van der Waals surface area contributed by atoms with Gasteiger partial charge in [-0.05, 0) is 64.3 Å². The molecular weight excluding hydrogens is 508 g/mol. The highest BCUT2D eigenvalue weighted by Crippen LogP contribution is 2.57. The Hall–Kier alpha value is -3.17. The second-order valence-electron chi connectivity index (χ2n) is 11.5. The average Bonchev–Trinajstić information content (AvgIpc) is 3.21. The first-order valence-electron chi connectivity index (χ1n) is 14.6. The minimum Gasteiger partial charge on any atom is -0.396 e. The van der Waals surface area contributed by atoms with Crippen LogP contribution in [0.2, 0.25) is 0 Å². The number of hydrogen-bond acceptors (Lipinski definition) is 6. The zero-order valence-corrected chi connectivity index (χ0v) is 24.1. The number of amides is 3. The van der Waals surface area contributed by atoms with Gasteiger partial charge in [-0.1, -0.05) is 24.3 Å². The lowest BCUT2D eigenvalue weighted by Crippen LogP contribution is -2.56. The van der Waals surface area contributed by atoms with Crippen LogP contribution in [-0.4, -0.2) is 96.3 Å². The molecule has 4 heterocycles. The number of unbranched alkanes of at least 4 members (excludes halogenated alkanes) is 2. The normalized spacial score (nSPS) is 31.3. The van der Waals surface area contributed by atoms with E-state index in [9.17, 15) is 19.5 Å². The molecule has 2 saturated heterocycles. The van der Waals surface area contributed by atoms with E-state index in [1.165, 1.54) is 0 Å². The minimum absolute atomic E-state index is 0.0829. The van der Waals surface area contributed by atoms with E-state index >= 15 is 0 Å². The molecule has 1 spiro atoms. The summed E-state index contributed by atoms with van der Waals surface area (Å²) in [4.78, 5) is 49.7. The maximum absolute atomic E-state index is 14.5. The van der Waals surface area contributed by atoms with Gasteiger partial charge in [-0.2, -0.15) is 0 Å². The molecule has 1 aromatic rings. The van der Waals surface area contributed by atoms with Gasteiger partial charge in [-0.15, -0.1) is 0 Å². The van der Waals surface area contributed by atoms with E-state index in [0.717, 1.165) is 30.9 Å². The molecule has 0 aromatic heterocycles. The van der Waals surface area contributed by atoms with Crippen LogP contribution >= 0.6 is 0 Å². The second kappa shape index (κ2) is 11.0. The molecule has 0 radical (unpaired) electrons. The SMILES string of the molecule is CCN(CC)c1ccc(N2CC=C[C@]34O[C@]5(C)C=CCN(C)C(=O)[C@@H]5[C@H]3C(=O)N(CCCCCO)C4C2=O)cc1. The molecule has 9 nitrogen and oxygen atoms in total. The van der Waals surface area contributed by atoms with E-state index in [-0.39, 0.29) is 24.3 Å². The number of aliphatic hydroxyl groups excluding tert-OH is 1. The lowest BCUT2D eigenvalue weighted by molar-refractivity contribution is -0.148. The summed E-state index contributed by atoms with van der Waals surface area (Å²) in [5, 5.41) is 9.27. The van der Waals surface area contributed by atoms with Gasteiger partial charge >= 0.3 is 0 Å². The van der Waals surface area contributed by atoms with Gasteiger partial charge in [0.05, 0.1) is 17.4 Å². The molecule has 4 aliphatic heterocycles. The summed E-state index contributed by atoms with van der Waals surface area (Å²) in [5.41, 5.74) is -0.410. The summed E-state index contributed by atoms with van der Waals surface area (Å²) in [6, 6.07) is 7.08. The van der Waals surface area contributed by atoms with Crippen LogP contribution < -0.4 is 9.80 Å². The Kier molecular flexibility index (Phi) is 7.81. The molecule has 9 heteroatoms. The summed E-state index contributed by atoms with van der Waals surface area (Å²) in [5.74, 6) is -2.09. The molecular formula is C31H42N4O5. The number of rotatable bonds is 9. The number of benzene rings is 1. The van der Waals surface area contributed by atoms with Crippen LogP contribution in [-0.2, 0) is 19.1 Å². The predicted octanol–water partition coefficient (Wildman–Crippen LogP) is 2.60. The minimum atomic E-state index is -1.25. The van der Waals surface area contributed by atoms with Crippen LogP contribution in [0, 0.1) is 11.8 Å². The van der Waals surface area contributed by atoms with Crippen molar-refractivity contribution in [3.8, 4) is 0 Å². The fourth-order valence-corrected chi connectivity index (χ4v) is 7.12. The fraction of sp³-hybridized carbons (Fsp3) is 0.581. The van der Waals surface area contributed by atoms with E-state index in [1.54, 1.807) is 21.7 Å². The summed E-state index contributed by atoms with van der Waals surface area (Å²) >= 11 is 0. The molecule has 0 bridgehead atoms. The van der Waals surface area contributed by atoms with Gasteiger partial charge in [-0.3, -0.25) is 14.4 Å². The zero-order chi connectivity index (χ0) is 28.7. The molecule has 4 aliphatic rings. The highest BCUT2D eigenvalue weighted by Gasteiger charge is 2.74. The first-order chi connectivity index (χ1) is 19.2. The highest BCUT2D eigenvalue weighted by atomic mass is 16.5. The summed E-state index contributed by atoms with van der Waals surface area (Å²) in [6.07, 6.45) is 9.62. The summed E-state index contributed by atoms with van der Waals surface area (Å²) in [6.45, 7) is 9.10. The Morgan fingerprint density at radius 1 is 0.925 bits per heavy atom. The number of aliphatic hydroxyl groups is 1.